The van der Waals surface area contributed by atoms with E-state index in [4.69, 9.17) is 5.11 Å². The minimum atomic E-state index is -0.748. The first-order valence-corrected chi connectivity index (χ1v) is 6.84. The quantitative estimate of drug-likeness (QED) is 0.699. The zero-order valence-electron chi connectivity index (χ0n) is 10.8. The van der Waals surface area contributed by atoms with Gasteiger partial charge in [-0.25, -0.2) is 4.79 Å². The van der Waals surface area contributed by atoms with Crippen molar-refractivity contribution in [3.63, 3.8) is 0 Å². The van der Waals surface area contributed by atoms with E-state index in [1.165, 1.54) is 12.8 Å². The lowest BCUT2D eigenvalue weighted by Gasteiger charge is -2.17. The number of rotatable bonds is 5. The van der Waals surface area contributed by atoms with Crippen LogP contribution in [-0.2, 0) is 4.79 Å². The zero-order valence-corrected chi connectivity index (χ0v) is 10.8. The molecule has 0 radical (unpaired) electrons. The molecule has 18 heavy (non-hydrogen) atoms. The lowest BCUT2D eigenvalue weighted by atomic mass is 10.1. The van der Waals surface area contributed by atoms with E-state index in [2.05, 4.69) is 10.6 Å². The lowest BCUT2D eigenvalue weighted by Crippen LogP contribution is -2.44. The molecule has 0 aliphatic heterocycles. The Balaban J connectivity index is 1.66. The van der Waals surface area contributed by atoms with Gasteiger partial charge in [-0.15, -0.1) is 0 Å². The fraction of sp³-hybridized carbons (Fsp3) is 0.846. The maximum atomic E-state index is 11.7. The highest BCUT2D eigenvalue weighted by Crippen LogP contribution is 2.33. The molecule has 0 heterocycles. The van der Waals surface area contributed by atoms with Crippen molar-refractivity contribution in [2.45, 2.75) is 57.5 Å². The predicted octanol–water partition coefficient (Wildman–Crippen LogP) is 1.73. The number of hydrogen-bond acceptors (Lipinski definition) is 2. The lowest BCUT2D eigenvalue weighted by molar-refractivity contribution is -0.141. The second-order valence-electron chi connectivity index (χ2n) is 5.74. The molecule has 2 fully saturated rings. The Morgan fingerprint density at radius 1 is 1.28 bits per heavy atom. The van der Waals surface area contributed by atoms with Crippen molar-refractivity contribution in [2.24, 2.45) is 11.8 Å². The SMILES string of the molecule is CC(CC1CC1)NC(=O)NC1CCC(C(=O)O)C1. The van der Waals surface area contributed by atoms with Gasteiger partial charge in [0.25, 0.3) is 0 Å². The predicted molar refractivity (Wildman–Crippen MR) is 67.2 cm³/mol. The molecule has 2 aliphatic carbocycles. The summed E-state index contributed by atoms with van der Waals surface area (Å²) in [6.45, 7) is 2.02. The Morgan fingerprint density at radius 2 is 2.00 bits per heavy atom. The third-order valence-corrected chi connectivity index (χ3v) is 3.88. The van der Waals surface area contributed by atoms with Crippen LogP contribution in [0.4, 0.5) is 4.79 Å². The van der Waals surface area contributed by atoms with Crippen LogP contribution in [0.25, 0.3) is 0 Å². The molecule has 2 rings (SSSR count). The molecule has 5 heteroatoms. The molecule has 0 aromatic carbocycles. The van der Waals surface area contributed by atoms with Crippen LogP contribution in [0, 0.1) is 11.8 Å². The smallest absolute Gasteiger partial charge is 0.315 e. The van der Waals surface area contributed by atoms with E-state index in [1.807, 2.05) is 6.92 Å². The average Bonchev–Trinajstić information content (AvgIpc) is 2.93. The van der Waals surface area contributed by atoms with Crippen LogP contribution in [0.2, 0.25) is 0 Å². The number of amides is 2. The summed E-state index contributed by atoms with van der Waals surface area (Å²) in [6, 6.07) is 0.0626. The van der Waals surface area contributed by atoms with E-state index < -0.39 is 5.97 Å². The number of urea groups is 1. The van der Waals surface area contributed by atoms with Crippen molar-refractivity contribution >= 4 is 12.0 Å². The minimum Gasteiger partial charge on any atom is -0.481 e. The number of carbonyl (C=O) groups is 2. The van der Waals surface area contributed by atoms with Crippen LogP contribution in [0.3, 0.4) is 0 Å². The van der Waals surface area contributed by atoms with Crippen molar-refractivity contribution in [1.82, 2.24) is 10.6 Å². The molecular formula is C13H22N2O3. The average molecular weight is 254 g/mol. The van der Waals surface area contributed by atoms with Crippen LogP contribution in [0.5, 0.6) is 0 Å². The van der Waals surface area contributed by atoms with Gasteiger partial charge < -0.3 is 15.7 Å². The molecule has 3 atom stereocenters. The molecule has 5 nitrogen and oxygen atoms in total. The number of hydrogen-bond donors (Lipinski definition) is 3. The molecule has 0 bridgehead atoms. The van der Waals surface area contributed by atoms with Crippen molar-refractivity contribution in [3.8, 4) is 0 Å². The van der Waals surface area contributed by atoms with Gasteiger partial charge in [0, 0.05) is 12.1 Å². The summed E-state index contributed by atoms with van der Waals surface area (Å²) in [5.41, 5.74) is 0. The normalized spacial score (nSPS) is 28.7. The van der Waals surface area contributed by atoms with E-state index >= 15 is 0 Å². The number of carboxylic acid groups (broad SMARTS) is 1. The molecule has 0 aromatic rings. The van der Waals surface area contributed by atoms with Crippen LogP contribution in [0.1, 0.15) is 45.4 Å². The maximum Gasteiger partial charge on any atom is 0.315 e. The molecule has 2 aliphatic rings. The number of carbonyl (C=O) groups excluding carboxylic acids is 1. The maximum absolute atomic E-state index is 11.7. The van der Waals surface area contributed by atoms with Gasteiger partial charge in [0.05, 0.1) is 5.92 Å². The topological polar surface area (TPSA) is 78.4 Å². The highest BCUT2D eigenvalue weighted by atomic mass is 16.4. The molecule has 102 valence electrons. The molecular weight excluding hydrogens is 232 g/mol. The summed E-state index contributed by atoms with van der Waals surface area (Å²) in [7, 11) is 0. The molecule has 2 amide bonds. The fourth-order valence-electron chi connectivity index (χ4n) is 2.70. The van der Waals surface area contributed by atoms with Gasteiger partial charge in [-0.1, -0.05) is 12.8 Å². The monoisotopic (exact) mass is 254 g/mol. The van der Waals surface area contributed by atoms with Gasteiger partial charge in [-0.05, 0) is 38.5 Å². The Kier molecular flexibility index (Phi) is 4.09. The first-order chi connectivity index (χ1) is 8.54. The first-order valence-electron chi connectivity index (χ1n) is 6.84. The third kappa shape index (κ3) is 3.89. The van der Waals surface area contributed by atoms with E-state index in [0.29, 0.717) is 12.8 Å². The summed E-state index contributed by atoms with van der Waals surface area (Å²) in [5, 5.41) is 14.7. The van der Waals surface area contributed by atoms with Crippen molar-refractivity contribution in [1.29, 1.82) is 0 Å². The molecule has 2 saturated carbocycles. The molecule has 0 aromatic heterocycles. The second kappa shape index (κ2) is 5.59. The van der Waals surface area contributed by atoms with Crippen molar-refractivity contribution in [3.05, 3.63) is 0 Å². The zero-order chi connectivity index (χ0) is 13.1. The minimum absolute atomic E-state index is 0.0132. The molecule has 3 unspecified atom stereocenters. The molecule has 0 spiro atoms. The Bertz CT molecular complexity index is 328. The Hall–Kier alpha value is -1.26. The van der Waals surface area contributed by atoms with Gasteiger partial charge in [0.1, 0.15) is 0 Å². The van der Waals surface area contributed by atoms with E-state index in [9.17, 15) is 9.59 Å². The summed E-state index contributed by atoms with van der Waals surface area (Å²) in [6.07, 6.45) is 5.61. The first kappa shape index (κ1) is 13.2. The number of carboxylic acids is 1. The molecule has 0 saturated heterocycles. The van der Waals surface area contributed by atoms with E-state index in [0.717, 1.165) is 18.8 Å². The Labute approximate surface area is 107 Å². The number of aliphatic carboxylic acids is 1. The highest BCUT2D eigenvalue weighted by Gasteiger charge is 2.31. The highest BCUT2D eigenvalue weighted by molar-refractivity contribution is 5.75. The summed E-state index contributed by atoms with van der Waals surface area (Å²) < 4.78 is 0. The largest absolute Gasteiger partial charge is 0.481 e. The second-order valence-corrected chi connectivity index (χ2v) is 5.74. The van der Waals surface area contributed by atoms with Gasteiger partial charge in [-0.2, -0.15) is 0 Å². The van der Waals surface area contributed by atoms with E-state index in [1.54, 1.807) is 0 Å². The van der Waals surface area contributed by atoms with Crippen LogP contribution in [-0.4, -0.2) is 29.2 Å². The van der Waals surface area contributed by atoms with Crippen LogP contribution < -0.4 is 10.6 Å². The standard InChI is InChI=1S/C13H22N2O3/c1-8(6-9-2-3-9)14-13(18)15-11-5-4-10(7-11)12(16)17/h8-11H,2-7H2,1H3,(H,16,17)(H2,14,15,18). The third-order valence-electron chi connectivity index (χ3n) is 3.88. The summed E-state index contributed by atoms with van der Waals surface area (Å²) in [5.74, 6) is -0.246. The number of nitrogens with one attached hydrogen (secondary N) is 2. The van der Waals surface area contributed by atoms with Crippen LogP contribution >= 0.6 is 0 Å². The summed E-state index contributed by atoms with van der Waals surface area (Å²) in [4.78, 5) is 22.5. The Morgan fingerprint density at radius 3 is 2.56 bits per heavy atom. The van der Waals surface area contributed by atoms with Gasteiger partial charge in [-0.3, -0.25) is 4.79 Å². The van der Waals surface area contributed by atoms with Crippen LogP contribution in [0.15, 0.2) is 0 Å². The van der Waals surface area contributed by atoms with Crippen molar-refractivity contribution in [2.75, 3.05) is 0 Å². The summed E-state index contributed by atoms with van der Waals surface area (Å²) >= 11 is 0. The van der Waals surface area contributed by atoms with E-state index in [-0.39, 0.29) is 24.0 Å². The fourth-order valence-corrected chi connectivity index (χ4v) is 2.70. The molecule has 3 N–H and O–H groups in total. The van der Waals surface area contributed by atoms with Gasteiger partial charge >= 0.3 is 12.0 Å². The van der Waals surface area contributed by atoms with Gasteiger partial charge in [0.2, 0.25) is 0 Å². The van der Waals surface area contributed by atoms with Crippen molar-refractivity contribution < 1.29 is 14.7 Å². The van der Waals surface area contributed by atoms with Gasteiger partial charge in [0.15, 0.2) is 0 Å².